The molecule has 0 spiro atoms. The fourth-order valence-electron chi connectivity index (χ4n) is 2.98. The summed E-state index contributed by atoms with van der Waals surface area (Å²) in [6, 6.07) is 5.11. The quantitative estimate of drug-likeness (QED) is 0.795. The number of morpholine rings is 1. The van der Waals surface area contributed by atoms with Gasteiger partial charge < -0.3 is 10.1 Å². The van der Waals surface area contributed by atoms with Gasteiger partial charge in [0.25, 0.3) is 5.91 Å². The van der Waals surface area contributed by atoms with Crippen LogP contribution in [0.4, 0.5) is 13.2 Å². The molecule has 1 heterocycles. The summed E-state index contributed by atoms with van der Waals surface area (Å²) in [6.07, 6.45) is 0. The van der Waals surface area contributed by atoms with Crippen LogP contribution < -0.4 is 5.32 Å². The van der Waals surface area contributed by atoms with Gasteiger partial charge in [0.05, 0.1) is 19.3 Å². The number of benzene rings is 2. The van der Waals surface area contributed by atoms with Crippen molar-refractivity contribution >= 4 is 15.9 Å². The Kier molecular flexibility index (Phi) is 6.25. The van der Waals surface area contributed by atoms with E-state index in [1.807, 2.05) is 0 Å². The Morgan fingerprint density at radius 2 is 1.76 bits per heavy atom. The average Bonchev–Trinajstić information content (AvgIpc) is 2.68. The fraction of sp³-hybridized carbons (Fsp3) is 0.316. The van der Waals surface area contributed by atoms with E-state index in [4.69, 9.17) is 4.74 Å². The molecule has 2 aromatic carbocycles. The van der Waals surface area contributed by atoms with E-state index in [0.717, 1.165) is 28.6 Å². The minimum absolute atomic E-state index is 0.0584. The van der Waals surface area contributed by atoms with E-state index in [2.05, 4.69) is 5.32 Å². The largest absolute Gasteiger partial charge is 0.379 e. The van der Waals surface area contributed by atoms with Crippen molar-refractivity contribution < 1.29 is 31.1 Å². The topological polar surface area (TPSA) is 75.7 Å². The van der Waals surface area contributed by atoms with Gasteiger partial charge in [-0.05, 0) is 31.2 Å². The van der Waals surface area contributed by atoms with Crippen LogP contribution in [-0.2, 0) is 14.8 Å². The second-order valence-corrected chi connectivity index (χ2v) is 8.43. The Labute approximate surface area is 166 Å². The number of ether oxygens (including phenoxy) is 1. The van der Waals surface area contributed by atoms with Crippen LogP contribution in [0.3, 0.4) is 0 Å². The van der Waals surface area contributed by atoms with Gasteiger partial charge >= 0.3 is 0 Å². The van der Waals surface area contributed by atoms with Crippen LogP contribution in [0.5, 0.6) is 0 Å². The maximum absolute atomic E-state index is 14.2. The highest BCUT2D eigenvalue weighted by Crippen LogP contribution is 2.23. The van der Waals surface area contributed by atoms with Gasteiger partial charge in [0.15, 0.2) is 0 Å². The number of hydrogen-bond acceptors (Lipinski definition) is 4. The number of sulfonamides is 1. The van der Waals surface area contributed by atoms with Crippen molar-refractivity contribution in [1.82, 2.24) is 9.62 Å². The lowest BCUT2D eigenvalue weighted by Crippen LogP contribution is -2.41. The SMILES string of the molecule is CC(NC(=O)c1ccc(F)c(S(=O)(=O)N2CCOCC2)c1)c1ccc(F)cc1F. The number of amides is 1. The van der Waals surface area contributed by atoms with Crippen molar-refractivity contribution in [2.45, 2.75) is 17.9 Å². The van der Waals surface area contributed by atoms with Gasteiger partial charge in [0, 0.05) is 30.3 Å². The number of carbonyl (C=O) groups is 1. The van der Waals surface area contributed by atoms with Crippen LogP contribution in [0.25, 0.3) is 0 Å². The standard InChI is InChI=1S/C19H19F3N2O4S/c1-12(15-4-3-14(20)11-17(15)22)23-19(25)13-2-5-16(21)18(10-13)29(26,27)24-6-8-28-9-7-24/h2-5,10-12H,6-9H2,1H3,(H,23,25). The minimum atomic E-state index is -4.14. The summed E-state index contributed by atoms with van der Waals surface area (Å²) >= 11 is 0. The molecule has 156 valence electrons. The second kappa shape index (κ2) is 8.52. The fourth-order valence-corrected chi connectivity index (χ4v) is 4.48. The van der Waals surface area contributed by atoms with E-state index in [9.17, 15) is 26.4 Å². The van der Waals surface area contributed by atoms with Crippen LogP contribution in [0.1, 0.15) is 28.9 Å². The van der Waals surface area contributed by atoms with Crippen LogP contribution in [0.15, 0.2) is 41.3 Å². The van der Waals surface area contributed by atoms with Crippen molar-refractivity contribution in [2.75, 3.05) is 26.3 Å². The van der Waals surface area contributed by atoms with Gasteiger partial charge in [0.1, 0.15) is 22.3 Å². The third-order valence-electron chi connectivity index (χ3n) is 4.56. The molecule has 1 fully saturated rings. The van der Waals surface area contributed by atoms with Gasteiger partial charge in [0.2, 0.25) is 10.0 Å². The Hall–Kier alpha value is -2.43. The third-order valence-corrected chi connectivity index (χ3v) is 6.47. The van der Waals surface area contributed by atoms with Crippen molar-refractivity contribution in [3.05, 3.63) is 65.0 Å². The highest BCUT2D eigenvalue weighted by molar-refractivity contribution is 7.89. The molecular weight excluding hydrogens is 409 g/mol. The first-order valence-corrected chi connectivity index (χ1v) is 10.3. The van der Waals surface area contributed by atoms with Gasteiger partial charge in [-0.15, -0.1) is 0 Å². The van der Waals surface area contributed by atoms with E-state index in [1.54, 1.807) is 0 Å². The number of rotatable bonds is 5. The first-order chi connectivity index (χ1) is 13.7. The van der Waals surface area contributed by atoms with Crippen molar-refractivity contribution in [3.63, 3.8) is 0 Å². The van der Waals surface area contributed by atoms with E-state index in [-0.39, 0.29) is 37.4 Å². The highest BCUT2D eigenvalue weighted by Gasteiger charge is 2.30. The molecule has 3 rings (SSSR count). The summed E-state index contributed by atoms with van der Waals surface area (Å²) in [5.74, 6) is -3.28. The molecule has 1 N–H and O–H groups in total. The first-order valence-electron chi connectivity index (χ1n) is 8.83. The normalized spacial score (nSPS) is 16.4. The summed E-state index contributed by atoms with van der Waals surface area (Å²) in [4.78, 5) is 11.9. The number of nitrogens with zero attached hydrogens (tertiary/aromatic N) is 1. The van der Waals surface area contributed by atoms with Gasteiger partial charge in [-0.25, -0.2) is 21.6 Å². The zero-order valence-electron chi connectivity index (χ0n) is 15.5. The Balaban J connectivity index is 1.84. The predicted octanol–water partition coefficient (Wildman–Crippen LogP) is 2.62. The van der Waals surface area contributed by atoms with E-state index < -0.39 is 44.3 Å². The average molecular weight is 428 g/mol. The molecule has 1 atom stereocenters. The lowest BCUT2D eigenvalue weighted by Gasteiger charge is -2.26. The molecule has 29 heavy (non-hydrogen) atoms. The van der Waals surface area contributed by atoms with Gasteiger partial charge in [-0.1, -0.05) is 6.07 Å². The maximum atomic E-state index is 14.2. The first kappa shape index (κ1) is 21.3. The Morgan fingerprint density at radius 1 is 1.07 bits per heavy atom. The van der Waals surface area contributed by atoms with Crippen LogP contribution >= 0.6 is 0 Å². The molecule has 1 amide bonds. The summed E-state index contributed by atoms with van der Waals surface area (Å²) < 4.78 is 72.8. The number of nitrogens with one attached hydrogen (secondary N) is 1. The molecule has 6 nitrogen and oxygen atoms in total. The predicted molar refractivity (Wildman–Crippen MR) is 98.2 cm³/mol. The monoisotopic (exact) mass is 428 g/mol. The van der Waals surface area contributed by atoms with Crippen LogP contribution in [0, 0.1) is 17.5 Å². The van der Waals surface area contributed by atoms with Gasteiger partial charge in [-0.2, -0.15) is 4.31 Å². The number of carbonyl (C=O) groups excluding carboxylic acids is 1. The van der Waals surface area contributed by atoms with Crippen molar-refractivity contribution in [1.29, 1.82) is 0 Å². The molecule has 10 heteroatoms. The zero-order chi connectivity index (χ0) is 21.2. The van der Waals surface area contributed by atoms with E-state index in [1.165, 1.54) is 13.0 Å². The molecule has 1 unspecified atom stereocenters. The molecule has 0 radical (unpaired) electrons. The molecule has 2 aromatic rings. The number of hydrogen-bond donors (Lipinski definition) is 1. The molecule has 1 aliphatic heterocycles. The molecular formula is C19H19F3N2O4S. The third kappa shape index (κ3) is 4.60. The zero-order valence-corrected chi connectivity index (χ0v) is 16.3. The summed E-state index contributed by atoms with van der Waals surface area (Å²) in [6.45, 7) is 2.05. The minimum Gasteiger partial charge on any atom is -0.379 e. The Morgan fingerprint density at radius 3 is 2.41 bits per heavy atom. The van der Waals surface area contributed by atoms with Crippen molar-refractivity contribution in [2.24, 2.45) is 0 Å². The van der Waals surface area contributed by atoms with E-state index in [0.29, 0.717) is 6.07 Å². The molecule has 0 aromatic heterocycles. The molecule has 1 aliphatic rings. The van der Waals surface area contributed by atoms with Crippen LogP contribution in [-0.4, -0.2) is 44.9 Å². The molecule has 0 saturated carbocycles. The highest BCUT2D eigenvalue weighted by atomic mass is 32.2. The summed E-state index contributed by atoms with van der Waals surface area (Å²) in [5.41, 5.74) is -0.0457. The van der Waals surface area contributed by atoms with E-state index >= 15 is 0 Å². The molecule has 1 saturated heterocycles. The summed E-state index contributed by atoms with van der Waals surface area (Å²) in [5, 5.41) is 2.50. The second-order valence-electron chi connectivity index (χ2n) is 6.52. The van der Waals surface area contributed by atoms with Crippen LogP contribution in [0.2, 0.25) is 0 Å². The Bertz CT molecular complexity index is 1020. The molecule has 0 bridgehead atoms. The summed E-state index contributed by atoms with van der Waals surface area (Å²) in [7, 11) is -4.14. The maximum Gasteiger partial charge on any atom is 0.251 e. The lowest BCUT2D eigenvalue weighted by atomic mass is 10.1. The van der Waals surface area contributed by atoms with Gasteiger partial charge in [-0.3, -0.25) is 4.79 Å². The smallest absolute Gasteiger partial charge is 0.251 e. The number of halogens is 3. The lowest BCUT2D eigenvalue weighted by molar-refractivity contribution is 0.0729. The molecule has 0 aliphatic carbocycles. The van der Waals surface area contributed by atoms with Crippen molar-refractivity contribution in [3.8, 4) is 0 Å².